The Morgan fingerprint density at radius 2 is 1.92 bits per heavy atom. The van der Waals surface area contributed by atoms with Crippen LogP contribution in [0.4, 0.5) is 5.82 Å². The maximum atomic E-state index is 12.1. The molecule has 0 spiro atoms. The van der Waals surface area contributed by atoms with E-state index in [0.717, 1.165) is 19.4 Å². The third-order valence-electron chi connectivity index (χ3n) is 6.34. The number of halogens is 1. The van der Waals surface area contributed by atoms with E-state index < -0.39 is 5.97 Å². The highest BCUT2D eigenvalue weighted by Gasteiger charge is 2.30. The Morgan fingerprint density at radius 1 is 1.11 bits per heavy atom. The zero-order valence-electron chi connectivity index (χ0n) is 19.8. The molecule has 0 saturated carbocycles. The largest absolute Gasteiger partial charge is 0.454 e. The minimum absolute atomic E-state index is 0.122. The third-order valence-corrected chi connectivity index (χ3v) is 6.59. The lowest BCUT2D eigenvalue weighted by molar-refractivity contribution is 0.0459. The van der Waals surface area contributed by atoms with E-state index in [9.17, 15) is 10.1 Å². The standard InChI is InChI=1S/C27H23ClN6O3/c28-22-8-6-18(7-9-22)14-20-12-13-34(16-21(20)15-29)25-11-10-23(31-32-25)26-30-24(33-37-26)17-36-27(35)19-4-2-1-3-5-19/h1-11,20-21H,12-14,16-17H2. The van der Waals surface area contributed by atoms with Gasteiger partial charge in [0.15, 0.2) is 18.1 Å². The summed E-state index contributed by atoms with van der Waals surface area (Å²) in [6.45, 7) is 1.24. The molecule has 9 nitrogen and oxygen atoms in total. The van der Waals surface area contributed by atoms with E-state index >= 15 is 0 Å². The molecule has 4 aromatic rings. The number of piperidine rings is 1. The summed E-state index contributed by atoms with van der Waals surface area (Å²) in [7, 11) is 0. The first-order valence-corrected chi connectivity index (χ1v) is 12.2. The van der Waals surface area contributed by atoms with Crippen molar-refractivity contribution < 1.29 is 14.1 Å². The number of rotatable bonds is 7. The van der Waals surface area contributed by atoms with Crippen LogP contribution in [0.2, 0.25) is 5.02 Å². The molecular weight excluding hydrogens is 492 g/mol. The highest BCUT2D eigenvalue weighted by molar-refractivity contribution is 6.30. The van der Waals surface area contributed by atoms with E-state index in [4.69, 9.17) is 20.9 Å². The number of anilines is 1. The van der Waals surface area contributed by atoms with Crippen LogP contribution in [-0.2, 0) is 17.8 Å². The monoisotopic (exact) mass is 514 g/mol. The second-order valence-corrected chi connectivity index (χ2v) is 9.23. The Labute approximate surface area is 218 Å². The zero-order valence-corrected chi connectivity index (χ0v) is 20.6. The third kappa shape index (κ3) is 5.93. The average Bonchev–Trinajstić information content (AvgIpc) is 3.43. The zero-order chi connectivity index (χ0) is 25.6. The molecule has 1 aliphatic rings. The predicted molar refractivity (Wildman–Crippen MR) is 135 cm³/mol. The summed E-state index contributed by atoms with van der Waals surface area (Å²) in [5.41, 5.74) is 2.03. The van der Waals surface area contributed by atoms with Crippen LogP contribution in [0, 0.1) is 23.2 Å². The van der Waals surface area contributed by atoms with Crippen molar-refractivity contribution in [2.45, 2.75) is 19.4 Å². The van der Waals surface area contributed by atoms with Crippen LogP contribution in [0.1, 0.15) is 28.2 Å². The van der Waals surface area contributed by atoms with Crippen molar-refractivity contribution in [2.75, 3.05) is 18.0 Å². The number of benzene rings is 2. The molecule has 3 heterocycles. The van der Waals surface area contributed by atoms with Crippen molar-refractivity contribution in [3.05, 3.63) is 88.7 Å². The molecular formula is C27H23ClN6O3. The first kappa shape index (κ1) is 24.4. The van der Waals surface area contributed by atoms with Crippen LogP contribution in [0.25, 0.3) is 11.6 Å². The molecule has 37 heavy (non-hydrogen) atoms. The van der Waals surface area contributed by atoms with Crippen LogP contribution in [0.3, 0.4) is 0 Å². The summed E-state index contributed by atoms with van der Waals surface area (Å²) in [5.74, 6) is 0.769. The van der Waals surface area contributed by atoms with E-state index in [-0.39, 0.29) is 30.2 Å². The molecule has 2 aromatic heterocycles. The highest BCUT2D eigenvalue weighted by Crippen LogP contribution is 2.30. The molecule has 1 saturated heterocycles. The second-order valence-electron chi connectivity index (χ2n) is 8.80. The summed E-state index contributed by atoms with van der Waals surface area (Å²) in [4.78, 5) is 18.4. The van der Waals surface area contributed by atoms with Crippen molar-refractivity contribution in [1.29, 1.82) is 5.26 Å². The van der Waals surface area contributed by atoms with Crippen molar-refractivity contribution in [3.63, 3.8) is 0 Å². The van der Waals surface area contributed by atoms with Crippen molar-refractivity contribution in [2.24, 2.45) is 11.8 Å². The Balaban J connectivity index is 1.18. The van der Waals surface area contributed by atoms with Crippen molar-refractivity contribution >= 4 is 23.4 Å². The Morgan fingerprint density at radius 3 is 2.65 bits per heavy atom. The van der Waals surface area contributed by atoms with Crippen molar-refractivity contribution in [3.8, 4) is 17.7 Å². The number of esters is 1. The van der Waals surface area contributed by atoms with Gasteiger partial charge in [-0.1, -0.05) is 47.1 Å². The SMILES string of the molecule is N#CC1CN(c2ccc(-c3nc(COC(=O)c4ccccc4)no3)nn2)CCC1Cc1ccc(Cl)cc1. The van der Waals surface area contributed by atoms with Crippen molar-refractivity contribution in [1.82, 2.24) is 20.3 Å². The van der Waals surface area contributed by atoms with Gasteiger partial charge in [-0.3, -0.25) is 0 Å². The Hall–Kier alpha value is -4.29. The number of carbonyl (C=O) groups is 1. The lowest BCUT2D eigenvalue weighted by Gasteiger charge is -2.36. The summed E-state index contributed by atoms with van der Waals surface area (Å²) < 4.78 is 10.5. The number of hydrogen-bond donors (Lipinski definition) is 0. The number of aromatic nitrogens is 4. The molecule has 1 fully saturated rings. The summed E-state index contributed by atoms with van der Waals surface area (Å²) in [6.07, 6.45) is 1.72. The van der Waals surface area contributed by atoms with Crippen LogP contribution in [0.5, 0.6) is 0 Å². The molecule has 5 rings (SSSR count). The number of hydrogen-bond acceptors (Lipinski definition) is 9. The molecule has 0 aliphatic carbocycles. The Kier molecular flexibility index (Phi) is 7.38. The quantitative estimate of drug-likeness (QED) is 0.322. The topological polar surface area (TPSA) is 118 Å². The van der Waals surface area contributed by atoms with E-state index in [0.29, 0.717) is 28.6 Å². The van der Waals surface area contributed by atoms with Gasteiger partial charge < -0.3 is 14.2 Å². The summed E-state index contributed by atoms with van der Waals surface area (Å²) >= 11 is 5.99. The number of carbonyl (C=O) groups excluding carboxylic acids is 1. The van der Waals surface area contributed by atoms with E-state index in [2.05, 4.69) is 31.3 Å². The normalized spacial score (nSPS) is 17.2. The summed E-state index contributed by atoms with van der Waals surface area (Å²) in [5, 5.41) is 22.9. The number of nitrogens with zero attached hydrogens (tertiary/aromatic N) is 6. The van der Waals surface area contributed by atoms with Gasteiger partial charge in [0.1, 0.15) is 0 Å². The fraction of sp³-hybridized carbons (Fsp3) is 0.259. The van der Waals surface area contributed by atoms with Crippen LogP contribution < -0.4 is 4.90 Å². The summed E-state index contributed by atoms with van der Waals surface area (Å²) in [6, 6.07) is 22.5. The second kappa shape index (κ2) is 11.2. The smallest absolute Gasteiger partial charge is 0.338 e. The Bertz CT molecular complexity index is 1390. The minimum atomic E-state index is -0.469. The van der Waals surface area contributed by atoms with Gasteiger partial charge in [-0.05, 0) is 60.7 Å². The first-order chi connectivity index (χ1) is 18.1. The molecule has 0 amide bonds. The van der Waals surface area contributed by atoms with Crippen LogP contribution >= 0.6 is 11.6 Å². The fourth-order valence-corrected chi connectivity index (χ4v) is 4.46. The van der Waals surface area contributed by atoms with Gasteiger partial charge in [0, 0.05) is 18.1 Å². The molecule has 0 bridgehead atoms. The molecule has 186 valence electrons. The fourth-order valence-electron chi connectivity index (χ4n) is 4.33. The van der Waals surface area contributed by atoms with Gasteiger partial charge in [-0.25, -0.2) is 4.79 Å². The van der Waals surface area contributed by atoms with Gasteiger partial charge in [0.25, 0.3) is 5.89 Å². The maximum absolute atomic E-state index is 12.1. The van der Waals surface area contributed by atoms with Crippen LogP contribution in [-0.4, -0.2) is 39.4 Å². The van der Waals surface area contributed by atoms with Gasteiger partial charge in [0.05, 0.1) is 17.6 Å². The number of ether oxygens (including phenoxy) is 1. The minimum Gasteiger partial charge on any atom is -0.454 e. The molecule has 10 heteroatoms. The van der Waals surface area contributed by atoms with Gasteiger partial charge in [0.2, 0.25) is 5.82 Å². The molecule has 0 N–H and O–H groups in total. The van der Waals surface area contributed by atoms with E-state index in [1.165, 1.54) is 5.56 Å². The highest BCUT2D eigenvalue weighted by atomic mass is 35.5. The van der Waals surface area contributed by atoms with Gasteiger partial charge in [-0.15, -0.1) is 10.2 Å². The lowest BCUT2D eigenvalue weighted by Crippen LogP contribution is -2.41. The van der Waals surface area contributed by atoms with E-state index in [1.54, 1.807) is 30.3 Å². The number of nitriles is 1. The van der Waals surface area contributed by atoms with Gasteiger partial charge >= 0.3 is 5.97 Å². The lowest BCUT2D eigenvalue weighted by atomic mass is 9.82. The molecule has 2 unspecified atom stereocenters. The molecule has 1 aliphatic heterocycles. The molecule has 2 aromatic carbocycles. The predicted octanol–water partition coefficient (Wildman–Crippen LogP) is 4.75. The molecule has 2 atom stereocenters. The molecule has 0 radical (unpaired) electrons. The van der Waals surface area contributed by atoms with Crippen LogP contribution in [0.15, 0.2) is 71.3 Å². The maximum Gasteiger partial charge on any atom is 0.338 e. The first-order valence-electron chi connectivity index (χ1n) is 11.9. The average molecular weight is 515 g/mol. The van der Waals surface area contributed by atoms with E-state index in [1.807, 2.05) is 36.4 Å². The van der Waals surface area contributed by atoms with Gasteiger partial charge in [-0.2, -0.15) is 10.2 Å².